The van der Waals surface area contributed by atoms with Crippen molar-refractivity contribution in [1.82, 2.24) is 0 Å². The number of methoxy groups -OCH3 is 1. The molecule has 2 rings (SSSR count). The lowest BCUT2D eigenvalue weighted by molar-refractivity contribution is 0.208. The number of allylic oxidation sites excluding steroid dienone is 1. The summed E-state index contributed by atoms with van der Waals surface area (Å²) in [6, 6.07) is 4.66. The molecule has 19 heavy (non-hydrogen) atoms. The van der Waals surface area contributed by atoms with E-state index < -0.39 is 11.9 Å². The fraction of sp³-hybridized carbons (Fsp3) is 0.500. The third-order valence-electron chi connectivity index (χ3n) is 3.67. The zero-order chi connectivity index (χ0) is 13.7. The molecule has 1 atom stereocenters. The summed E-state index contributed by atoms with van der Waals surface area (Å²) in [5.41, 5.74) is 1.62. The molecule has 1 aromatic rings. The van der Waals surface area contributed by atoms with Crippen molar-refractivity contribution in [2.45, 2.75) is 44.6 Å². The molecule has 1 aliphatic carbocycles. The monoisotopic (exact) mass is 264 g/mol. The van der Waals surface area contributed by atoms with Gasteiger partial charge in [0, 0.05) is 0 Å². The minimum Gasteiger partial charge on any atom is -0.494 e. The number of rotatable bonds is 3. The number of hydrogen-bond donors (Lipinski definition) is 1. The standard InChI is InChI=1S/C16H21FO2/c1-19-15-10-9-13(11-14(15)17)16(18)12-7-5-3-2-4-6-8-12/h7,9-11,16,18H,2-6,8H2,1H3/b12-7+. The normalized spacial score (nSPS) is 20.9. The van der Waals surface area contributed by atoms with Crippen LogP contribution in [-0.4, -0.2) is 12.2 Å². The summed E-state index contributed by atoms with van der Waals surface area (Å²) in [6.07, 6.45) is 8.07. The van der Waals surface area contributed by atoms with Crippen LogP contribution in [-0.2, 0) is 0 Å². The molecule has 0 spiro atoms. The van der Waals surface area contributed by atoms with Crippen molar-refractivity contribution >= 4 is 0 Å². The van der Waals surface area contributed by atoms with Crippen LogP contribution in [0.2, 0.25) is 0 Å². The number of halogens is 1. The van der Waals surface area contributed by atoms with Gasteiger partial charge in [-0.05, 0) is 49.0 Å². The lowest BCUT2D eigenvalue weighted by Gasteiger charge is -2.18. The largest absolute Gasteiger partial charge is 0.494 e. The van der Waals surface area contributed by atoms with Gasteiger partial charge in [0.1, 0.15) is 6.10 Å². The average molecular weight is 264 g/mol. The van der Waals surface area contributed by atoms with Gasteiger partial charge in [-0.2, -0.15) is 0 Å². The molecule has 0 saturated heterocycles. The van der Waals surface area contributed by atoms with E-state index in [0.29, 0.717) is 5.56 Å². The first-order chi connectivity index (χ1) is 9.22. The van der Waals surface area contributed by atoms with Gasteiger partial charge < -0.3 is 9.84 Å². The molecule has 0 amide bonds. The van der Waals surface area contributed by atoms with E-state index >= 15 is 0 Å². The van der Waals surface area contributed by atoms with Gasteiger partial charge >= 0.3 is 0 Å². The Morgan fingerprint density at radius 3 is 2.74 bits per heavy atom. The zero-order valence-corrected chi connectivity index (χ0v) is 11.4. The molecule has 104 valence electrons. The van der Waals surface area contributed by atoms with E-state index in [0.717, 1.165) is 24.8 Å². The maximum absolute atomic E-state index is 13.7. The lowest BCUT2D eigenvalue weighted by Crippen LogP contribution is -2.04. The Labute approximate surface area is 113 Å². The lowest BCUT2D eigenvalue weighted by atomic mass is 9.93. The second kappa shape index (κ2) is 6.71. The molecule has 0 saturated carbocycles. The summed E-state index contributed by atoms with van der Waals surface area (Å²) in [6.45, 7) is 0. The van der Waals surface area contributed by atoms with Gasteiger partial charge in [0.25, 0.3) is 0 Å². The van der Waals surface area contributed by atoms with Gasteiger partial charge in [0.05, 0.1) is 7.11 Å². The second-order valence-corrected chi connectivity index (χ2v) is 5.03. The minimum absolute atomic E-state index is 0.211. The van der Waals surface area contributed by atoms with E-state index in [2.05, 4.69) is 6.08 Å². The highest BCUT2D eigenvalue weighted by Gasteiger charge is 2.16. The summed E-state index contributed by atoms with van der Waals surface area (Å²) in [5, 5.41) is 10.4. The van der Waals surface area contributed by atoms with Gasteiger partial charge in [-0.25, -0.2) is 4.39 Å². The highest BCUT2D eigenvalue weighted by molar-refractivity contribution is 5.33. The van der Waals surface area contributed by atoms with Crippen molar-refractivity contribution < 1.29 is 14.2 Å². The predicted octanol–water partition coefficient (Wildman–Crippen LogP) is 4.15. The first-order valence-corrected chi connectivity index (χ1v) is 6.93. The quantitative estimate of drug-likeness (QED) is 0.831. The fourth-order valence-electron chi connectivity index (χ4n) is 2.53. The van der Waals surface area contributed by atoms with Crippen LogP contribution in [0.1, 0.15) is 50.2 Å². The molecule has 0 aliphatic heterocycles. The molecule has 1 unspecified atom stereocenters. The van der Waals surface area contributed by atoms with Crippen LogP contribution in [0.25, 0.3) is 0 Å². The van der Waals surface area contributed by atoms with Crippen LogP contribution in [0.4, 0.5) is 4.39 Å². The summed E-state index contributed by atoms with van der Waals surface area (Å²) < 4.78 is 18.6. The van der Waals surface area contributed by atoms with Gasteiger partial charge in [0.15, 0.2) is 11.6 Å². The Hall–Kier alpha value is -1.35. The van der Waals surface area contributed by atoms with Gasteiger partial charge in [-0.3, -0.25) is 0 Å². The van der Waals surface area contributed by atoms with Crippen LogP contribution >= 0.6 is 0 Å². The molecule has 1 aliphatic rings. The van der Waals surface area contributed by atoms with Gasteiger partial charge in [-0.1, -0.05) is 25.0 Å². The van der Waals surface area contributed by atoms with E-state index in [1.807, 2.05) is 0 Å². The van der Waals surface area contributed by atoms with Gasteiger partial charge in [-0.15, -0.1) is 0 Å². The molecule has 0 radical (unpaired) electrons. The second-order valence-electron chi connectivity index (χ2n) is 5.03. The maximum Gasteiger partial charge on any atom is 0.165 e. The molecule has 0 fully saturated rings. The van der Waals surface area contributed by atoms with Crippen molar-refractivity contribution in [2.24, 2.45) is 0 Å². The van der Waals surface area contributed by atoms with Crippen molar-refractivity contribution in [3.05, 3.63) is 41.2 Å². The Bertz CT molecular complexity index is 454. The van der Waals surface area contributed by atoms with Crippen LogP contribution < -0.4 is 4.74 Å². The number of aliphatic hydroxyl groups excluding tert-OH is 1. The highest BCUT2D eigenvalue weighted by Crippen LogP contribution is 2.30. The molecule has 1 N–H and O–H groups in total. The number of hydrogen-bond acceptors (Lipinski definition) is 2. The van der Waals surface area contributed by atoms with Crippen molar-refractivity contribution in [2.75, 3.05) is 7.11 Å². The van der Waals surface area contributed by atoms with Crippen LogP contribution in [0, 0.1) is 5.82 Å². The molecule has 2 nitrogen and oxygen atoms in total. The smallest absolute Gasteiger partial charge is 0.165 e. The van der Waals surface area contributed by atoms with Crippen LogP contribution in [0.3, 0.4) is 0 Å². The van der Waals surface area contributed by atoms with Gasteiger partial charge in [0.2, 0.25) is 0 Å². The first-order valence-electron chi connectivity index (χ1n) is 6.93. The zero-order valence-electron chi connectivity index (χ0n) is 11.4. The molecule has 0 bridgehead atoms. The van der Waals surface area contributed by atoms with Crippen LogP contribution in [0.5, 0.6) is 5.75 Å². The minimum atomic E-state index is -0.696. The third-order valence-corrected chi connectivity index (χ3v) is 3.67. The highest BCUT2D eigenvalue weighted by atomic mass is 19.1. The van der Waals surface area contributed by atoms with E-state index in [-0.39, 0.29) is 5.75 Å². The molecular weight excluding hydrogens is 243 g/mol. The predicted molar refractivity (Wildman–Crippen MR) is 73.7 cm³/mol. The average Bonchev–Trinajstić information content (AvgIpc) is 2.37. The Morgan fingerprint density at radius 2 is 2.00 bits per heavy atom. The Morgan fingerprint density at radius 1 is 1.21 bits per heavy atom. The summed E-state index contributed by atoms with van der Waals surface area (Å²) in [4.78, 5) is 0. The van der Waals surface area contributed by atoms with Crippen molar-refractivity contribution in [1.29, 1.82) is 0 Å². The SMILES string of the molecule is COc1ccc(C(O)/C2=C/CCCCCC2)cc1F. The third kappa shape index (κ3) is 3.57. The summed E-state index contributed by atoms with van der Waals surface area (Å²) in [5.74, 6) is -0.215. The number of ether oxygens (including phenoxy) is 1. The molecule has 0 aromatic heterocycles. The molecular formula is C16H21FO2. The summed E-state index contributed by atoms with van der Waals surface area (Å²) in [7, 11) is 1.44. The number of aliphatic hydroxyl groups is 1. The van der Waals surface area contributed by atoms with E-state index in [1.54, 1.807) is 12.1 Å². The number of benzene rings is 1. The topological polar surface area (TPSA) is 29.5 Å². The molecule has 0 heterocycles. The van der Waals surface area contributed by atoms with E-state index in [1.165, 1.54) is 32.4 Å². The Kier molecular flexibility index (Phi) is 4.97. The van der Waals surface area contributed by atoms with E-state index in [4.69, 9.17) is 4.74 Å². The molecule has 3 heteroatoms. The first kappa shape index (κ1) is 14.1. The Balaban J connectivity index is 2.17. The van der Waals surface area contributed by atoms with E-state index in [9.17, 15) is 9.50 Å². The van der Waals surface area contributed by atoms with Crippen LogP contribution in [0.15, 0.2) is 29.8 Å². The maximum atomic E-state index is 13.7. The summed E-state index contributed by atoms with van der Waals surface area (Å²) >= 11 is 0. The fourth-order valence-corrected chi connectivity index (χ4v) is 2.53. The van der Waals surface area contributed by atoms with Crippen molar-refractivity contribution in [3.8, 4) is 5.75 Å². The molecule has 1 aromatic carbocycles. The van der Waals surface area contributed by atoms with Crippen molar-refractivity contribution in [3.63, 3.8) is 0 Å².